The van der Waals surface area contributed by atoms with Crippen LogP contribution in [0.15, 0.2) is 10.1 Å². The summed E-state index contributed by atoms with van der Waals surface area (Å²) in [5.74, 6) is -4.64. The van der Waals surface area contributed by atoms with Gasteiger partial charge < -0.3 is 9.47 Å². The zero-order valence-corrected chi connectivity index (χ0v) is 18.2. The van der Waals surface area contributed by atoms with Gasteiger partial charge in [-0.2, -0.15) is 0 Å². The molecule has 0 unspecified atom stereocenters. The monoisotopic (exact) mass is 510 g/mol. The summed E-state index contributed by atoms with van der Waals surface area (Å²) in [6.07, 6.45) is 0. The average molecular weight is 514 g/mol. The maximum absolute atomic E-state index is 12.6. The molecule has 25 heavy (non-hydrogen) atoms. The van der Waals surface area contributed by atoms with E-state index in [1.807, 2.05) is 0 Å². The molecule has 0 aliphatic heterocycles. The Bertz CT molecular complexity index is 573. The Hall–Kier alpha value is 1.000. The van der Waals surface area contributed by atoms with Crippen LogP contribution in [-0.4, -0.2) is 51.0 Å². The molecule has 1 fully saturated rings. The van der Waals surface area contributed by atoms with E-state index in [1.165, 1.54) is 0 Å². The van der Waals surface area contributed by atoms with Gasteiger partial charge in [-0.05, 0) is 0 Å². The van der Waals surface area contributed by atoms with Crippen LogP contribution >= 0.6 is 92.8 Å². The fourth-order valence-corrected chi connectivity index (χ4v) is 6.11. The Morgan fingerprint density at radius 1 is 0.800 bits per heavy atom. The second kappa shape index (κ2) is 7.79. The largest absolute Gasteiger partial charge is 0.464 e. The predicted molar refractivity (Wildman–Crippen MR) is 101 cm³/mol. The maximum Gasteiger partial charge on any atom is 0.312 e. The summed E-state index contributed by atoms with van der Waals surface area (Å²) in [5, 5.41) is -0.463. The Labute approximate surface area is 183 Å². The fourth-order valence-electron chi connectivity index (χ4n) is 3.04. The average Bonchev–Trinajstić information content (AvgIpc) is 2.77. The third-order valence-corrected chi connectivity index (χ3v) is 8.65. The summed E-state index contributed by atoms with van der Waals surface area (Å²) in [7, 11) is 0. The number of carbonyl (C=O) groups is 2. The van der Waals surface area contributed by atoms with Crippen molar-refractivity contribution in [2.24, 2.45) is 11.8 Å². The first kappa shape index (κ1) is 22.3. The van der Waals surface area contributed by atoms with Gasteiger partial charge in [0.05, 0.1) is 33.7 Å². The van der Waals surface area contributed by atoms with Crippen LogP contribution in [0.3, 0.4) is 0 Å². The van der Waals surface area contributed by atoms with Crippen molar-refractivity contribution in [2.75, 3.05) is 25.0 Å². The molecule has 0 heterocycles. The Kier molecular flexibility index (Phi) is 6.94. The lowest BCUT2D eigenvalue weighted by Gasteiger charge is -2.33. The molecular weight excluding hydrogens is 504 g/mol. The Balaban J connectivity index is 2.58. The molecule has 2 rings (SSSR count). The van der Waals surface area contributed by atoms with Crippen molar-refractivity contribution < 1.29 is 19.1 Å². The number of allylic oxidation sites excluding steroid dienone is 2. The molecule has 2 aliphatic rings. The van der Waals surface area contributed by atoms with Crippen molar-refractivity contribution in [3.05, 3.63) is 10.1 Å². The van der Waals surface area contributed by atoms with Crippen LogP contribution in [0.1, 0.15) is 0 Å². The highest BCUT2D eigenvalue weighted by Gasteiger charge is 2.85. The van der Waals surface area contributed by atoms with Gasteiger partial charge in [0.15, 0.2) is 4.33 Å². The molecule has 0 spiro atoms. The van der Waals surface area contributed by atoms with Crippen molar-refractivity contribution in [2.45, 2.75) is 14.1 Å². The molecule has 2 aliphatic carbocycles. The first-order valence-electron chi connectivity index (χ1n) is 6.80. The molecule has 0 radical (unpaired) electrons. The van der Waals surface area contributed by atoms with Gasteiger partial charge in [-0.25, -0.2) is 0 Å². The number of fused-ring (bicyclic) bond motifs is 2. The zero-order chi connectivity index (χ0) is 19.2. The predicted octanol–water partition coefficient (Wildman–Crippen LogP) is 4.63. The number of hydrogen-bond acceptors (Lipinski definition) is 4. The van der Waals surface area contributed by atoms with Crippen LogP contribution in [-0.2, 0) is 19.1 Å². The van der Waals surface area contributed by atoms with Crippen LogP contribution in [0.4, 0.5) is 0 Å². The summed E-state index contributed by atoms with van der Waals surface area (Å²) in [4.78, 5) is 21.2. The quantitative estimate of drug-likeness (QED) is 0.384. The van der Waals surface area contributed by atoms with Crippen molar-refractivity contribution in [3.8, 4) is 0 Å². The van der Waals surface area contributed by atoms with Gasteiger partial charge >= 0.3 is 11.9 Å². The van der Waals surface area contributed by atoms with Crippen LogP contribution in [0.25, 0.3) is 0 Å². The third-order valence-electron chi connectivity index (χ3n) is 4.09. The van der Waals surface area contributed by atoms with E-state index in [-0.39, 0.29) is 35.0 Å². The highest BCUT2D eigenvalue weighted by molar-refractivity contribution is 6.66. The lowest BCUT2D eigenvalue weighted by molar-refractivity contribution is -0.160. The van der Waals surface area contributed by atoms with Crippen molar-refractivity contribution in [1.82, 2.24) is 0 Å². The fraction of sp³-hybridized carbons (Fsp3) is 0.692. The lowest BCUT2D eigenvalue weighted by atomic mass is 9.82. The molecule has 4 nitrogen and oxygen atoms in total. The van der Waals surface area contributed by atoms with E-state index in [9.17, 15) is 9.59 Å². The van der Waals surface area contributed by atoms with Gasteiger partial charge in [-0.1, -0.05) is 46.4 Å². The minimum atomic E-state index is -2.09. The number of esters is 2. The van der Waals surface area contributed by atoms with Crippen LogP contribution in [0, 0.1) is 11.8 Å². The number of carbonyl (C=O) groups excluding carboxylic acids is 2. The number of ether oxygens (including phenoxy) is 2. The molecule has 12 heteroatoms. The highest BCUT2D eigenvalue weighted by Crippen LogP contribution is 2.76. The Morgan fingerprint density at radius 2 is 1.12 bits per heavy atom. The van der Waals surface area contributed by atoms with Gasteiger partial charge in [0.2, 0.25) is 0 Å². The molecule has 0 saturated heterocycles. The lowest BCUT2D eigenvalue weighted by Crippen LogP contribution is -2.46. The van der Waals surface area contributed by atoms with E-state index in [0.717, 1.165) is 0 Å². The number of hydrogen-bond donors (Lipinski definition) is 0. The van der Waals surface area contributed by atoms with E-state index in [4.69, 9.17) is 102 Å². The highest BCUT2D eigenvalue weighted by atomic mass is 35.5. The standard InChI is InChI=1S/C13H10Cl8O4/c14-1-3-24-9(22)5-6(10(23)25-4-2-15)12(19)8(17)7(16)11(5,18)13(12,20)21/h5-6H,1-4H2/t5-,6-,11+,12+/m1/s1. The van der Waals surface area contributed by atoms with Crippen LogP contribution < -0.4 is 0 Å². The first-order chi connectivity index (χ1) is 11.5. The molecule has 4 atom stereocenters. The van der Waals surface area contributed by atoms with Crippen LogP contribution in [0.2, 0.25) is 0 Å². The smallest absolute Gasteiger partial charge is 0.312 e. The Morgan fingerprint density at radius 3 is 1.40 bits per heavy atom. The van der Waals surface area contributed by atoms with Gasteiger partial charge in [0, 0.05) is 0 Å². The molecule has 0 aromatic heterocycles. The van der Waals surface area contributed by atoms with E-state index in [2.05, 4.69) is 0 Å². The maximum atomic E-state index is 12.6. The van der Waals surface area contributed by atoms with Gasteiger partial charge in [-0.3, -0.25) is 9.59 Å². The molecule has 0 N–H and O–H groups in total. The summed E-state index contributed by atoms with van der Waals surface area (Å²) in [6, 6.07) is 0. The normalized spacial score (nSPS) is 35.8. The summed E-state index contributed by atoms with van der Waals surface area (Å²) in [6.45, 7) is -0.259. The molecular formula is C13H10Cl8O4. The third kappa shape index (κ3) is 2.95. The number of alkyl halides is 6. The second-order valence-corrected chi connectivity index (χ2v) is 9.33. The van der Waals surface area contributed by atoms with E-state index in [1.54, 1.807) is 0 Å². The summed E-state index contributed by atoms with van der Waals surface area (Å²) in [5.41, 5.74) is 0. The van der Waals surface area contributed by atoms with Gasteiger partial charge in [0.25, 0.3) is 0 Å². The van der Waals surface area contributed by atoms with Crippen LogP contribution in [0.5, 0.6) is 0 Å². The SMILES string of the molecule is O=C(OCCCl)[C@H]1[C@H](C(=O)OCCCl)[C@]2(Cl)C(Cl)=C(Cl)[C@]1(Cl)C2(Cl)Cl. The zero-order valence-electron chi connectivity index (χ0n) is 12.1. The topological polar surface area (TPSA) is 52.6 Å². The summed E-state index contributed by atoms with van der Waals surface area (Å²) >= 11 is 49.2. The molecule has 0 amide bonds. The van der Waals surface area contributed by atoms with E-state index < -0.39 is 37.9 Å². The minimum absolute atomic E-state index is 0.0261. The van der Waals surface area contributed by atoms with Crippen molar-refractivity contribution in [1.29, 1.82) is 0 Å². The van der Waals surface area contributed by atoms with Gasteiger partial charge in [0.1, 0.15) is 23.0 Å². The molecule has 0 aromatic rings. The molecule has 1 saturated carbocycles. The number of halogens is 8. The van der Waals surface area contributed by atoms with Crippen molar-refractivity contribution in [3.63, 3.8) is 0 Å². The van der Waals surface area contributed by atoms with Gasteiger partial charge in [-0.15, -0.1) is 46.4 Å². The summed E-state index contributed by atoms with van der Waals surface area (Å²) < 4.78 is 7.93. The molecule has 0 aromatic carbocycles. The minimum Gasteiger partial charge on any atom is -0.464 e. The van der Waals surface area contributed by atoms with E-state index in [0.29, 0.717) is 0 Å². The second-order valence-electron chi connectivity index (χ2n) is 5.29. The molecule has 2 bridgehead atoms. The van der Waals surface area contributed by atoms with E-state index >= 15 is 0 Å². The number of rotatable bonds is 6. The first-order valence-corrected chi connectivity index (χ1v) is 10.1. The molecule has 142 valence electrons. The van der Waals surface area contributed by atoms with Crippen molar-refractivity contribution >= 4 is 105 Å².